The van der Waals surface area contributed by atoms with E-state index in [-0.39, 0.29) is 35.3 Å². The molecule has 0 heterocycles. The fraction of sp³-hybridized carbons (Fsp3) is 0.222. The number of benzene rings is 1. The number of rotatable bonds is 3. The first-order valence-electron chi connectivity index (χ1n) is 3.96. The second-order valence-electron chi connectivity index (χ2n) is 2.76. The molecule has 0 N–H and O–H groups in total. The van der Waals surface area contributed by atoms with Gasteiger partial charge in [-0.25, -0.2) is 0 Å². The van der Waals surface area contributed by atoms with Gasteiger partial charge in [-0.15, -0.1) is 0 Å². The maximum absolute atomic E-state index is 11.2. The third kappa shape index (κ3) is 5.94. The molecule has 1 aromatic rings. The summed E-state index contributed by atoms with van der Waals surface area (Å²) in [5.41, 5.74) is 0.591. The number of hydrogen-bond donors (Lipinski definition) is 0. The number of carbonyl (C=O) groups is 1. The first kappa shape index (κ1) is 14.6. The van der Waals surface area contributed by atoms with Gasteiger partial charge in [-0.05, 0) is 5.56 Å². The molecule has 0 aliphatic rings. The molecule has 0 amide bonds. The van der Waals surface area contributed by atoms with Crippen LogP contribution in [0, 0.1) is 0 Å². The fourth-order valence-electron chi connectivity index (χ4n) is 0.987. The Hall–Kier alpha value is -0.360. The van der Waals surface area contributed by atoms with Gasteiger partial charge in [0.15, 0.2) is 0 Å². The van der Waals surface area contributed by atoms with Crippen LogP contribution in [-0.2, 0) is 24.8 Å². The van der Waals surface area contributed by atoms with Crippen LogP contribution in [-0.4, -0.2) is 43.9 Å². The second-order valence-corrected chi connectivity index (χ2v) is 4.33. The number of hydrogen-bond acceptors (Lipinski definition) is 4. The average Bonchev–Trinajstić information content (AvgIpc) is 2.02. The summed E-state index contributed by atoms with van der Waals surface area (Å²) in [6, 6.07) is 8.53. The van der Waals surface area contributed by atoms with Crippen LogP contribution in [0.5, 0.6) is 0 Å². The van der Waals surface area contributed by atoms with E-state index in [0.29, 0.717) is 5.56 Å². The van der Waals surface area contributed by atoms with E-state index in [1.807, 2.05) is 0 Å². The summed E-state index contributed by atoms with van der Waals surface area (Å²) in [4.78, 5) is 10.4. The molecule has 1 rings (SSSR count). The van der Waals surface area contributed by atoms with Gasteiger partial charge in [-0.3, -0.25) is 4.79 Å². The zero-order valence-electron chi connectivity index (χ0n) is 8.64. The van der Waals surface area contributed by atoms with Crippen LogP contribution in [0.1, 0.15) is 12.5 Å². The molecule has 6 heteroatoms. The Bertz CT molecular complexity index is 413. The van der Waals surface area contributed by atoms with E-state index in [1.54, 1.807) is 30.3 Å². The van der Waals surface area contributed by atoms with Crippen LogP contribution in [0.4, 0.5) is 0 Å². The zero-order chi connectivity index (χ0) is 10.6. The Balaban J connectivity index is 0.00000196. The summed E-state index contributed by atoms with van der Waals surface area (Å²) in [5.74, 6) is -1.10. The first-order chi connectivity index (χ1) is 6.49. The minimum Gasteiger partial charge on any atom is -0.346 e. The van der Waals surface area contributed by atoms with Crippen molar-refractivity contribution in [1.82, 2.24) is 0 Å². The predicted molar refractivity (Wildman–Crippen MR) is 56.6 cm³/mol. The normalized spacial score (nSPS) is 10.2. The van der Waals surface area contributed by atoms with E-state index in [0.717, 1.165) is 6.92 Å². The van der Waals surface area contributed by atoms with Crippen LogP contribution < -0.4 is 0 Å². The molecule has 77 valence electrons. The first-order valence-corrected chi connectivity index (χ1v) is 5.54. The van der Waals surface area contributed by atoms with Crippen molar-refractivity contribution in [3.8, 4) is 0 Å². The van der Waals surface area contributed by atoms with E-state index in [2.05, 4.69) is 4.18 Å². The van der Waals surface area contributed by atoms with Gasteiger partial charge in [0.2, 0.25) is 0 Å². The van der Waals surface area contributed by atoms with Gasteiger partial charge in [-0.2, -0.15) is 8.42 Å². The van der Waals surface area contributed by atoms with Crippen LogP contribution in [0.15, 0.2) is 30.3 Å². The van der Waals surface area contributed by atoms with Crippen molar-refractivity contribution in [2.75, 3.05) is 0 Å². The smallest absolute Gasteiger partial charge is 0.319 e. The van der Waals surface area contributed by atoms with Crippen molar-refractivity contribution in [3.63, 3.8) is 0 Å². The molecule has 1 radical (unpaired) electrons. The van der Waals surface area contributed by atoms with Gasteiger partial charge in [0.25, 0.3) is 0 Å². The Labute approximate surface area is 111 Å². The van der Waals surface area contributed by atoms with Gasteiger partial charge in [0.05, 0.1) is 0 Å². The van der Waals surface area contributed by atoms with E-state index >= 15 is 0 Å². The minimum absolute atomic E-state index is 0. The van der Waals surface area contributed by atoms with Crippen molar-refractivity contribution in [1.29, 1.82) is 0 Å². The van der Waals surface area contributed by atoms with E-state index in [4.69, 9.17) is 0 Å². The molecule has 0 bridgehead atoms. The summed E-state index contributed by atoms with van der Waals surface area (Å²) in [7, 11) is -3.78. The molecule has 0 spiro atoms. The molecule has 1 aromatic carbocycles. The summed E-state index contributed by atoms with van der Waals surface area (Å²) in [6.07, 6.45) is 0. The molecular weight excluding hydrogens is 227 g/mol. The van der Waals surface area contributed by atoms with Gasteiger partial charge < -0.3 is 4.18 Å². The monoisotopic (exact) mass is 237 g/mol. The Morgan fingerprint density at radius 1 is 1.27 bits per heavy atom. The van der Waals surface area contributed by atoms with Crippen molar-refractivity contribution < 1.29 is 17.4 Å². The molecule has 0 unspecified atom stereocenters. The van der Waals surface area contributed by atoms with Crippen molar-refractivity contribution in [2.24, 2.45) is 0 Å². The Kier molecular flexibility index (Phi) is 6.12. The SMILES string of the molecule is CC(=O)OS(=O)(=O)Cc1ccccc1.[Na]. The maximum Gasteiger partial charge on any atom is 0.319 e. The third-order valence-electron chi connectivity index (χ3n) is 1.43. The molecule has 0 aliphatic heterocycles. The molecule has 0 aliphatic carbocycles. The Morgan fingerprint density at radius 2 is 1.80 bits per heavy atom. The summed E-state index contributed by atoms with van der Waals surface area (Å²) >= 11 is 0. The van der Waals surface area contributed by atoms with Gasteiger partial charge in [0.1, 0.15) is 5.75 Å². The molecule has 0 saturated heterocycles. The number of carbonyl (C=O) groups excluding carboxylic acids is 1. The quantitative estimate of drug-likeness (QED) is 0.573. The summed E-state index contributed by atoms with van der Waals surface area (Å²) in [6.45, 7) is 1.06. The van der Waals surface area contributed by atoms with Gasteiger partial charge in [-0.1, -0.05) is 30.3 Å². The maximum atomic E-state index is 11.2. The van der Waals surface area contributed by atoms with Crippen LogP contribution in [0.3, 0.4) is 0 Å². The van der Waals surface area contributed by atoms with E-state index in [1.165, 1.54) is 0 Å². The van der Waals surface area contributed by atoms with Crippen LogP contribution in [0.25, 0.3) is 0 Å². The van der Waals surface area contributed by atoms with E-state index < -0.39 is 16.1 Å². The minimum atomic E-state index is -3.78. The van der Waals surface area contributed by atoms with Crippen molar-refractivity contribution >= 4 is 45.6 Å². The topological polar surface area (TPSA) is 60.4 Å². The zero-order valence-corrected chi connectivity index (χ0v) is 11.5. The van der Waals surface area contributed by atoms with Crippen molar-refractivity contribution in [2.45, 2.75) is 12.7 Å². The Morgan fingerprint density at radius 3 is 2.27 bits per heavy atom. The van der Waals surface area contributed by atoms with E-state index in [9.17, 15) is 13.2 Å². The third-order valence-corrected chi connectivity index (χ3v) is 2.61. The van der Waals surface area contributed by atoms with Crippen LogP contribution >= 0.6 is 0 Å². The molecule has 0 saturated carbocycles. The largest absolute Gasteiger partial charge is 0.346 e. The van der Waals surface area contributed by atoms with Crippen molar-refractivity contribution in [3.05, 3.63) is 35.9 Å². The fourth-order valence-corrected chi connectivity index (χ4v) is 2.00. The molecule has 0 aromatic heterocycles. The molecule has 0 fully saturated rings. The van der Waals surface area contributed by atoms with Crippen LogP contribution in [0.2, 0.25) is 0 Å². The van der Waals surface area contributed by atoms with Gasteiger partial charge in [0, 0.05) is 36.5 Å². The molecular formula is C9H10NaO4S. The molecule has 15 heavy (non-hydrogen) atoms. The summed E-state index contributed by atoms with van der Waals surface area (Å²) in [5, 5.41) is 0. The predicted octanol–water partition coefficient (Wildman–Crippen LogP) is 0.699. The second kappa shape index (κ2) is 6.27. The average molecular weight is 237 g/mol. The standard InChI is InChI=1S/C9H10O4S.Na/c1-8(10)13-14(11,12)7-9-5-3-2-4-6-9;/h2-6H,7H2,1H3;. The molecule has 4 nitrogen and oxygen atoms in total. The summed E-state index contributed by atoms with van der Waals surface area (Å²) < 4.78 is 26.5. The molecule has 0 atom stereocenters. The van der Waals surface area contributed by atoms with Gasteiger partial charge >= 0.3 is 16.1 Å².